The predicted molar refractivity (Wildman–Crippen MR) is 202 cm³/mol. The number of thioether (sulfide) groups is 1. The number of benzene rings is 4. The Hall–Kier alpha value is -4.07. The maximum absolute atomic E-state index is 2.54. The molecule has 4 aliphatic carbocycles. The van der Waals surface area contributed by atoms with Gasteiger partial charge in [-0.15, -0.1) is 11.8 Å². The van der Waals surface area contributed by atoms with Crippen LogP contribution in [0.25, 0.3) is 21.9 Å². The molecule has 0 nitrogen and oxygen atoms in total. The van der Waals surface area contributed by atoms with Crippen molar-refractivity contribution in [2.45, 2.75) is 63.5 Å². The summed E-state index contributed by atoms with van der Waals surface area (Å²) in [5, 5.41) is 3.15. The molecule has 232 valence electrons. The van der Waals surface area contributed by atoms with Gasteiger partial charge in [0.2, 0.25) is 0 Å². The average molecular weight is 627 g/mol. The largest absolute Gasteiger partial charge is 0.117 e. The highest BCUT2D eigenvalue weighted by atomic mass is 32.2. The van der Waals surface area contributed by atoms with Crippen molar-refractivity contribution in [1.82, 2.24) is 0 Å². The average Bonchev–Trinajstić information content (AvgIpc) is 3.49. The predicted octanol–water partition coefficient (Wildman–Crippen LogP) is 12.6. The van der Waals surface area contributed by atoms with E-state index in [1.165, 1.54) is 44.2 Å². The van der Waals surface area contributed by atoms with E-state index in [0.29, 0.717) is 23.0 Å². The second-order valence-corrected chi connectivity index (χ2v) is 15.8. The zero-order valence-corrected chi connectivity index (χ0v) is 28.5. The van der Waals surface area contributed by atoms with Crippen LogP contribution in [-0.4, -0.2) is 5.25 Å². The number of allylic oxidation sites excluding steroid dienone is 10. The third kappa shape index (κ3) is 4.50. The van der Waals surface area contributed by atoms with Crippen LogP contribution in [0.1, 0.15) is 80.5 Å². The molecule has 0 bridgehead atoms. The van der Waals surface area contributed by atoms with Gasteiger partial charge in [0.05, 0.1) is 0 Å². The molecular weight excluding hydrogens is 585 g/mol. The van der Waals surface area contributed by atoms with Gasteiger partial charge in [-0.1, -0.05) is 154 Å². The molecule has 0 spiro atoms. The van der Waals surface area contributed by atoms with E-state index < -0.39 is 0 Å². The van der Waals surface area contributed by atoms with Gasteiger partial charge in [-0.25, -0.2) is 0 Å². The SMILES string of the molecule is CC1CC2=C(C3=C1C(c1ccccc1)C(C1=CC=CCC1)S3)C(C)(C)C1=C(c3ccccc32)C(c2cccc3ccccc23)CC=C1. The van der Waals surface area contributed by atoms with Gasteiger partial charge in [-0.3, -0.25) is 0 Å². The van der Waals surface area contributed by atoms with Gasteiger partial charge in [0.15, 0.2) is 0 Å². The van der Waals surface area contributed by atoms with Crippen LogP contribution in [0.15, 0.2) is 155 Å². The molecular formula is C46H42S. The molecule has 1 aliphatic heterocycles. The number of hydrogen-bond donors (Lipinski definition) is 0. The van der Waals surface area contributed by atoms with Gasteiger partial charge in [0.25, 0.3) is 0 Å². The van der Waals surface area contributed by atoms with Crippen molar-refractivity contribution in [1.29, 1.82) is 0 Å². The lowest BCUT2D eigenvalue weighted by molar-refractivity contribution is 0.539. The van der Waals surface area contributed by atoms with E-state index in [0.717, 1.165) is 25.7 Å². The molecule has 1 heteroatoms. The van der Waals surface area contributed by atoms with Crippen LogP contribution in [0.3, 0.4) is 0 Å². The van der Waals surface area contributed by atoms with Crippen LogP contribution in [-0.2, 0) is 0 Å². The first-order chi connectivity index (χ1) is 23.0. The van der Waals surface area contributed by atoms with Crippen LogP contribution >= 0.6 is 11.8 Å². The Kier molecular flexibility index (Phi) is 6.98. The third-order valence-electron chi connectivity index (χ3n) is 11.6. The Morgan fingerprint density at radius 3 is 2.38 bits per heavy atom. The lowest BCUT2D eigenvalue weighted by Crippen LogP contribution is -2.25. The summed E-state index contributed by atoms with van der Waals surface area (Å²) in [7, 11) is 0. The summed E-state index contributed by atoms with van der Waals surface area (Å²) in [5.41, 5.74) is 15.2. The Bertz CT molecular complexity index is 2110. The van der Waals surface area contributed by atoms with Gasteiger partial charge >= 0.3 is 0 Å². The molecule has 4 atom stereocenters. The fourth-order valence-electron chi connectivity index (χ4n) is 9.57. The molecule has 4 unspecified atom stereocenters. The summed E-state index contributed by atoms with van der Waals surface area (Å²) in [5.74, 6) is 1.20. The maximum atomic E-state index is 2.54. The Morgan fingerprint density at radius 1 is 0.787 bits per heavy atom. The van der Waals surface area contributed by atoms with E-state index in [1.54, 1.807) is 27.2 Å². The summed E-state index contributed by atoms with van der Waals surface area (Å²) in [6.45, 7) is 7.59. The maximum Gasteiger partial charge on any atom is 0.0413 e. The molecule has 0 radical (unpaired) electrons. The van der Waals surface area contributed by atoms with Gasteiger partial charge in [0, 0.05) is 27.4 Å². The van der Waals surface area contributed by atoms with E-state index in [2.05, 4.69) is 160 Å². The number of fused-ring (bicyclic) bond motifs is 5. The first-order valence-corrected chi connectivity index (χ1v) is 18.4. The second-order valence-electron chi connectivity index (χ2n) is 14.6. The highest BCUT2D eigenvalue weighted by Gasteiger charge is 2.49. The zero-order chi connectivity index (χ0) is 31.7. The molecule has 9 rings (SSSR count). The van der Waals surface area contributed by atoms with E-state index in [4.69, 9.17) is 0 Å². The minimum Gasteiger partial charge on any atom is -0.117 e. The fourth-order valence-corrected chi connectivity index (χ4v) is 11.6. The van der Waals surface area contributed by atoms with Crippen molar-refractivity contribution in [3.63, 3.8) is 0 Å². The van der Waals surface area contributed by atoms with Gasteiger partial charge in [-0.2, -0.15) is 0 Å². The van der Waals surface area contributed by atoms with Crippen molar-refractivity contribution >= 4 is 33.7 Å². The van der Waals surface area contributed by atoms with Gasteiger partial charge in [0.1, 0.15) is 0 Å². The standard InChI is InChI=1S/C46H42S/c1-29-28-38-35-23-12-13-24-36(35)42-37(34-25-14-21-30-16-10-11-22-33(30)34)26-15-27-39(42)46(2,3)43(38)45-40(29)41(31-17-6-4-7-18-31)44(47-45)32-19-8-5-9-20-32/h4-8,10-19,21-25,27,29,37,41,44H,9,20,26,28H2,1-3H3. The number of rotatable bonds is 3. The lowest BCUT2D eigenvalue weighted by Gasteiger charge is -2.39. The molecule has 4 aromatic rings. The van der Waals surface area contributed by atoms with E-state index in [-0.39, 0.29) is 5.41 Å². The molecule has 0 saturated carbocycles. The zero-order valence-electron chi connectivity index (χ0n) is 27.7. The third-order valence-corrected chi connectivity index (χ3v) is 13.1. The van der Waals surface area contributed by atoms with Crippen molar-refractivity contribution in [2.75, 3.05) is 0 Å². The second kappa shape index (κ2) is 11.3. The minimum atomic E-state index is -0.145. The van der Waals surface area contributed by atoms with E-state index >= 15 is 0 Å². The Balaban J connectivity index is 1.29. The topological polar surface area (TPSA) is 0 Å². The number of hydrogen-bond acceptors (Lipinski definition) is 1. The van der Waals surface area contributed by atoms with Crippen LogP contribution in [0.2, 0.25) is 0 Å². The Morgan fingerprint density at radius 2 is 1.55 bits per heavy atom. The minimum absolute atomic E-state index is 0.145. The smallest absolute Gasteiger partial charge is 0.0413 e. The van der Waals surface area contributed by atoms with Crippen molar-refractivity contribution in [2.24, 2.45) is 11.3 Å². The van der Waals surface area contributed by atoms with Crippen LogP contribution < -0.4 is 0 Å². The summed E-state index contributed by atoms with van der Waals surface area (Å²) >= 11 is 2.19. The highest BCUT2D eigenvalue weighted by Crippen LogP contribution is 2.66. The molecule has 47 heavy (non-hydrogen) atoms. The quantitative estimate of drug-likeness (QED) is 0.218. The molecule has 4 aromatic carbocycles. The van der Waals surface area contributed by atoms with Gasteiger partial charge < -0.3 is 0 Å². The summed E-state index contributed by atoms with van der Waals surface area (Å²) in [4.78, 5) is 1.59. The van der Waals surface area contributed by atoms with Crippen LogP contribution in [0, 0.1) is 11.3 Å². The normalized spacial score (nSPS) is 26.1. The fraction of sp³-hybridized carbons (Fsp3) is 0.261. The van der Waals surface area contributed by atoms with Gasteiger partial charge in [-0.05, 0) is 92.5 Å². The molecule has 0 amide bonds. The molecule has 1 heterocycles. The summed E-state index contributed by atoms with van der Waals surface area (Å²) < 4.78 is 0. The van der Waals surface area contributed by atoms with E-state index in [9.17, 15) is 0 Å². The molecule has 5 aliphatic rings. The first kappa shape index (κ1) is 29.1. The summed E-state index contributed by atoms with van der Waals surface area (Å²) in [6, 6.07) is 36.7. The van der Waals surface area contributed by atoms with E-state index in [1.807, 2.05) is 0 Å². The molecule has 0 fully saturated rings. The molecule has 0 N–H and O–H groups in total. The highest BCUT2D eigenvalue weighted by molar-refractivity contribution is 8.04. The molecule has 0 saturated heterocycles. The lowest BCUT2D eigenvalue weighted by atomic mass is 9.65. The monoisotopic (exact) mass is 626 g/mol. The van der Waals surface area contributed by atoms with Crippen LogP contribution in [0.4, 0.5) is 0 Å². The summed E-state index contributed by atoms with van der Waals surface area (Å²) in [6.07, 6.45) is 16.5. The first-order valence-electron chi connectivity index (χ1n) is 17.6. The molecule has 0 aromatic heterocycles. The van der Waals surface area contributed by atoms with Crippen molar-refractivity contribution in [3.05, 3.63) is 177 Å². The van der Waals surface area contributed by atoms with Crippen molar-refractivity contribution in [3.8, 4) is 0 Å². The van der Waals surface area contributed by atoms with Crippen LogP contribution in [0.5, 0.6) is 0 Å². The van der Waals surface area contributed by atoms with Crippen molar-refractivity contribution < 1.29 is 0 Å². The Labute approximate surface area is 284 Å².